The predicted molar refractivity (Wildman–Crippen MR) is 71.5 cm³/mol. The van der Waals surface area contributed by atoms with E-state index in [4.69, 9.17) is 9.15 Å². The third-order valence-electron chi connectivity index (χ3n) is 2.95. The molecule has 0 atom stereocenters. The van der Waals surface area contributed by atoms with Gasteiger partial charge in [-0.1, -0.05) is 39.0 Å². The number of oxazole rings is 1. The normalized spacial score (nSPS) is 10.5. The Bertz CT molecular complexity index is 387. The van der Waals surface area contributed by atoms with E-state index in [1.807, 2.05) is 0 Å². The van der Waals surface area contributed by atoms with Crippen LogP contribution in [0.15, 0.2) is 4.42 Å². The van der Waals surface area contributed by atoms with Crippen molar-refractivity contribution in [3.63, 3.8) is 0 Å². The number of hydrogen-bond donors (Lipinski definition) is 0. The van der Waals surface area contributed by atoms with Crippen LogP contribution in [0.2, 0.25) is 0 Å². The lowest BCUT2D eigenvalue weighted by Crippen LogP contribution is -2.03. The molecule has 1 aromatic heterocycles. The van der Waals surface area contributed by atoms with E-state index in [9.17, 15) is 4.79 Å². The monoisotopic (exact) mass is 269 g/mol. The summed E-state index contributed by atoms with van der Waals surface area (Å²) in [4.78, 5) is 15.5. The van der Waals surface area contributed by atoms with Gasteiger partial charge in [-0.25, -0.2) is 9.78 Å². The van der Waals surface area contributed by atoms with E-state index in [1.165, 1.54) is 39.9 Å². The lowest BCUT2D eigenvalue weighted by atomic mass is 10.1. The fraction of sp³-hybridized carbons (Fsp3) is 0.714. The van der Waals surface area contributed by atoms with Crippen molar-refractivity contribution in [1.82, 2.24) is 4.98 Å². The number of hydrogen-bond acceptors (Lipinski definition) is 5. The molecular formula is C14H23NO4. The highest BCUT2D eigenvalue weighted by Gasteiger charge is 2.21. The van der Waals surface area contributed by atoms with Crippen LogP contribution in [-0.4, -0.2) is 25.2 Å². The van der Waals surface area contributed by atoms with Gasteiger partial charge in [-0.05, 0) is 6.42 Å². The summed E-state index contributed by atoms with van der Waals surface area (Å²) in [5, 5.41) is 0. The molecule has 1 rings (SSSR count). The van der Waals surface area contributed by atoms with E-state index < -0.39 is 5.97 Å². The van der Waals surface area contributed by atoms with Crippen LogP contribution in [0.1, 0.15) is 61.8 Å². The lowest BCUT2D eigenvalue weighted by molar-refractivity contribution is 0.0588. The number of ether oxygens (including phenoxy) is 2. The molecule has 0 fully saturated rings. The van der Waals surface area contributed by atoms with Crippen LogP contribution in [0, 0.1) is 0 Å². The molecule has 0 aliphatic heterocycles. The first-order valence-electron chi connectivity index (χ1n) is 6.84. The number of aryl methyl sites for hydroxylation is 1. The minimum absolute atomic E-state index is 0.117. The molecule has 19 heavy (non-hydrogen) atoms. The average Bonchev–Trinajstić information content (AvgIpc) is 2.85. The summed E-state index contributed by atoms with van der Waals surface area (Å²) in [5.41, 5.74) is 0.117. The minimum Gasteiger partial charge on any atom is -0.467 e. The Labute approximate surface area is 114 Å². The Kier molecular flexibility index (Phi) is 7.00. The molecule has 0 aliphatic carbocycles. The highest BCUT2D eigenvalue weighted by atomic mass is 16.6. The van der Waals surface area contributed by atoms with Crippen molar-refractivity contribution >= 4 is 5.97 Å². The fourth-order valence-electron chi connectivity index (χ4n) is 1.88. The highest BCUT2D eigenvalue weighted by molar-refractivity contribution is 5.89. The third-order valence-corrected chi connectivity index (χ3v) is 2.95. The standard InChI is InChI=1S/C14H23NO4/c1-4-5-6-7-8-9-10-11-15-12(13(16)17-2)14(18-3)19-11/h4-10H2,1-3H3. The smallest absolute Gasteiger partial charge is 0.364 e. The Morgan fingerprint density at radius 1 is 1.16 bits per heavy atom. The van der Waals surface area contributed by atoms with Gasteiger partial charge in [0.05, 0.1) is 14.2 Å². The van der Waals surface area contributed by atoms with Gasteiger partial charge in [0.1, 0.15) is 0 Å². The van der Waals surface area contributed by atoms with Crippen molar-refractivity contribution in [2.24, 2.45) is 0 Å². The number of rotatable bonds is 9. The van der Waals surface area contributed by atoms with Crippen molar-refractivity contribution in [3.8, 4) is 5.95 Å². The quantitative estimate of drug-likeness (QED) is 0.508. The SMILES string of the molecule is CCCCCCCCc1nc(C(=O)OC)c(OC)o1. The largest absolute Gasteiger partial charge is 0.467 e. The zero-order valence-electron chi connectivity index (χ0n) is 12.0. The first-order chi connectivity index (χ1) is 9.22. The van der Waals surface area contributed by atoms with Crippen LogP contribution < -0.4 is 4.74 Å². The summed E-state index contributed by atoms with van der Waals surface area (Å²) in [6.07, 6.45) is 7.93. The first kappa shape index (κ1) is 15.5. The molecule has 1 aromatic rings. The zero-order valence-corrected chi connectivity index (χ0v) is 12.0. The molecule has 5 heteroatoms. The number of aromatic nitrogens is 1. The predicted octanol–water partition coefficient (Wildman–Crippen LogP) is 3.37. The molecule has 0 aromatic carbocycles. The van der Waals surface area contributed by atoms with Crippen molar-refractivity contribution in [3.05, 3.63) is 11.6 Å². The number of carbonyl (C=O) groups is 1. The molecule has 0 amide bonds. The second kappa shape index (κ2) is 8.56. The first-order valence-corrected chi connectivity index (χ1v) is 6.84. The Morgan fingerprint density at radius 2 is 1.84 bits per heavy atom. The molecule has 0 aliphatic rings. The van der Waals surface area contributed by atoms with Crippen molar-refractivity contribution < 1.29 is 18.7 Å². The Balaban J connectivity index is 2.42. The van der Waals surface area contributed by atoms with Gasteiger partial charge in [0.2, 0.25) is 5.69 Å². The lowest BCUT2D eigenvalue weighted by Gasteiger charge is -1.98. The van der Waals surface area contributed by atoms with Gasteiger partial charge in [0.25, 0.3) is 0 Å². The van der Waals surface area contributed by atoms with Crippen LogP contribution in [0.4, 0.5) is 0 Å². The zero-order chi connectivity index (χ0) is 14.1. The van der Waals surface area contributed by atoms with Gasteiger partial charge in [-0.15, -0.1) is 0 Å². The summed E-state index contributed by atoms with van der Waals surface area (Å²) >= 11 is 0. The van der Waals surface area contributed by atoms with Crippen molar-refractivity contribution in [2.45, 2.75) is 51.9 Å². The summed E-state index contributed by atoms with van der Waals surface area (Å²) in [7, 11) is 2.76. The molecule has 5 nitrogen and oxygen atoms in total. The summed E-state index contributed by atoms with van der Waals surface area (Å²) < 4.78 is 15.0. The number of carbonyl (C=O) groups excluding carboxylic acids is 1. The van der Waals surface area contributed by atoms with Crippen molar-refractivity contribution in [1.29, 1.82) is 0 Å². The van der Waals surface area contributed by atoms with Crippen molar-refractivity contribution in [2.75, 3.05) is 14.2 Å². The number of esters is 1. The van der Waals surface area contributed by atoms with E-state index in [0.717, 1.165) is 19.3 Å². The van der Waals surface area contributed by atoms with E-state index in [1.54, 1.807) is 0 Å². The van der Waals surface area contributed by atoms with E-state index in [0.29, 0.717) is 5.89 Å². The topological polar surface area (TPSA) is 61.6 Å². The molecule has 0 N–H and O–H groups in total. The second-order valence-corrected chi connectivity index (χ2v) is 4.46. The van der Waals surface area contributed by atoms with E-state index >= 15 is 0 Å². The molecule has 1 heterocycles. The highest BCUT2D eigenvalue weighted by Crippen LogP contribution is 2.21. The van der Waals surface area contributed by atoms with E-state index in [-0.39, 0.29) is 11.6 Å². The summed E-state index contributed by atoms with van der Waals surface area (Å²) in [5.74, 6) is 0.135. The van der Waals surface area contributed by atoms with Gasteiger partial charge >= 0.3 is 11.9 Å². The van der Waals surface area contributed by atoms with Crippen LogP contribution >= 0.6 is 0 Å². The van der Waals surface area contributed by atoms with Crippen LogP contribution in [0.5, 0.6) is 5.95 Å². The molecule has 0 radical (unpaired) electrons. The molecule has 0 bridgehead atoms. The molecule has 108 valence electrons. The minimum atomic E-state index is -0.533. The second-order valence-electron chi connectivity index (χ2n) is 4.46. The number of unbranched alkanes of at least 4 members (excludes halogenated alkanes) is 5. The maximum Gasteiger partial charge on any atom is 0.364 e. The van der Waals surface area contributed by atoms with Crippen LogP contribution in [0.25, 0.3) is 0 Å². The maximum atomic E-state index is 11.4. The Hall–Kier alpha value is -1.52. The van der Waals surface area contributed by atoms with Crippen LogP contribution in [0.3, 0.4) is 0 Å². The van der Waals surface area contributed by atoms with Gasteiger partial charge in [-0.3, -0.25) is 0 Å². The van der Waals surface area contributed by atoms with Gasteiger partial charge in [0.15, 0.2) is 5.89 Å². The fourth-order valence-corrected chi connectivity index (χ4v) is 1.88. The summed E-state index contributed by atoms with van der Waals surface area (Å²) in [6, 6.07) is 0. The number of methoxy groups -OCH3 is 2. The molecule has 0 spiro atoms. The Morgan fingerprint density at radius 3 is 2.47 bits per heavy atom. The molecule has 0 unspecified atom stereocenters. The van der Waals surface area contributed by atoms with Crippen LogP contribution in [-0.2, 0) is 11.2 Å². The third kappa shape index (κ3) is 4.93. The van der Waals surface area contributed by atoms with Gasteiger partial charge in [-0.2, -0.15) is 0 Å². The van der Waals surface area contributed by atoms with E-state index in [2.05, 4.69) is 16.6 Å². The molecule has 0 saturated heterocycles. The molecule has 0 saturated carbocycles. The number of nitrogens with zero attached hydrogens (tertiary/aromatic N) is 1. The molecular weight excluding hydrogens is 246 g/mol. The van der Waals surface area contributed by atoms with Gasteiger partial charge < -0.3 is 13.9 Å². The average molecular weight is 269 g/mol. The van der Waals surface area contributed by atoms with Gasteiger partial charge in [0, 0.05) is 6.42 Å². The maximum absolute atomic E-state index is 11.4. The summed E-state index contributed by atoms with van der Waals surface area (Å²) in [6.45, 7) is 2.20.